The second-order valence-corrected chi connectivity index (χ2v) is 6.18. The van der Waals surface area contributed by atoms with Crippen LogP contribution in [0, 0.1) is 0 Å². The third-order valence-electron chi connectivity index (χ3n) is 4.37. The molecule has 0 fully saturated rings. The molecule has 3 heterocycles. The van der Waals surface area contributed by atoms with E-state index in [-0.39, 0.29) is 11.9 Å². The summed E-state index contributed by atoms with van der Waals surface area (Å²) in [5.41, 5.74) is 7.25. The van der Waals surface area contributed by atoms with Crippen molar-refractivity contribution in [2.45, 2.75) is 19.5 Å². The van der Waals surface area contributed by atoms with Crippen molar-refractivity contribution in [2.75, 3.05) is 12.3 Å². The molecule has 1 aliphatic heterocycles. The SMILES string of the molecule is C[C@H]1CN(C(=O)c2ccnc(N)c2)Cc2nnc(-c3ccccc3)n21. The summed E-state index contributed by atoms with van der Waals surface area (Å²) in [4.78, 5) is 18.5. The van der Waals surface area contributed by atoms with Gasteiger partial charge >= 0.3 is 0 Å². The largest absolute Gasteiger partial charge is 0.384 e. The smallest absolute Gasteiger partial charge is 0.254 e. The average Bonchev–Trinajstić information content (AvgIpc) is 3.06. The van der Waals surface area contributed by atoms with Gasteiger partial charge in [-0.2, -0.15) is 0 Å². The molecule has 0 unspecified atom stereocenters. The number of rotatable bonds is 2. The van der Waals surface area contributed by atoms with E-state index in [1.807, 2.05) is 30.3 Å². The minimum absolute atomic E-state index is 0.0727. The molecule has 1 atom stereocenters. The number of nitrogens with zero attached hydrogens (tertiary/aromatic N) is 5. The highest BCUT2D eigenvalue weighted by Crippen LogP contribution is 2.28. The minimum atomic E-state index is -0.0727. The zero-order valence-corrected chi connectivity index (χ0v) is 13.8. The van der Waals surface area contributed by atoms with Crippen molar-refractivity contribution < 1.29 is 4.79 Å². The first-order valence-corrected chi connectivity index (χ1v) is 8.13. The van der Waals surface area contributed by atoms with E-state index in [4.69, 9.17) is 5.73 Å². The number of carbonyl (C=O) groups excluding carboxylic acids is 1. The van der Waals surface area contributed by atoms with Crippen LogP contribution in [0.5, 0.6) is 0 Å². The van der Waals surface area contributed by atoms with Gasteiger partial charge in [0.25, 0.3) is 5.91 Å². The zero-order chi connectivity index (χ0) is 17.4. The summed E-state index contributed by atoms with van der Waals surface area (Å²) >= 11 is 0. The molecule has 2 N–H and O–H groups in total. The number of nitrogen functional groups attached to an aromatic ring is 1. The summed E-state index contributed by atoms with van der Waals surface area (Å²) in [6, 6.07) is 13.3. The third kappa shape index (κ3) is 2.73. The Morgan fingerprint density at radius 2 is 2.00 bits per heavy atom. The molecule has 0 saturated heterocycles. The van der Waals surface area contributed by atoms with Crippen LogP contribution in [0.25, 0.3) is 11.4 Å². The van der Waals surface area contributed by atoms with Gasteiger partial charge in [0.1, 0.15) is 5.82 Å². The van der Waals surface area contributed by atoms with Gasteiger partial charge < -0.3 is 15.2 Å². The summed E-state index contributed by atoms with van der Waals surface area (Å²) in [5, 5.41) is 8.65. The molecule has 7 nitrogen and oxygen atoms in total. The highest BCUT2D eigenvalue weighted by atomic mass is 16.2. The van der Waals surface area contributed by atoms with Crippen molar-refractivity contribution in [1.82, 2.24) is 24.6 Å². The molecule has 1 aromatic carbocycles. The van der Waals surface area contributed by atoms with Gasteiger partial charge in [0, 0.05) is 23.9 Å². The second kappa shape index (κ2) is 6.01. The fourth-order valence-corrected chi connectivity index (χ4v) is 3.23. The zero-order valence-electron chi connectivity index (χ0n) is 13.8. The Bertz CT molecular complexity index is 920. The predicted molar refractivity (Wildman–Crippen MR) is 93.6 cm³/mol. The molecule has 2 aromatic heterocycles. The number of hydrogen-bond donors (Lipinski definition) is 1. The summed E-state index contributed by atoms with van der Waals surface area (Å²) < 4.78 is 2.11. The first-order chi connectivity index (χ1) is 12.1. The molecule has 126 valence electrons. The topological polar surface area (TPSA) is 89.9 Å². The standard InChI is InChI=1S/C18H18N6O/c1-12-10-23(18(25)14-7-8-20-15(19)9-14)11-16-21-22-17(24(12)16)13-5-3-2-4-6-13/h2-9,12H,10-11H2,1H3,(H2,19,20)/t12-/m0/s1. The number of hydrogen-bond acceptors (Lipinski definition) is 5. The Balaban J connectivity index is 1.65. The van der Waals surface area contributed by atoms with E-state index in [9.17, 15) is 4.79 Å². The molecule has 3 aromatic rings. The van der Waals surface area contributed by atoms with Crippen LogP contribution in [0.3, 0.4) is 0 Å². The van der Waals surface area contributed by atoms with Crippen LogP contribution in [0.2, 0.25) is 0 Å². The highest BCUT2D eigenvalue weighted by molar-refractivity contribution is 5.94. The number of amides is 1. The fourth-order valence-electron chi connectivity index (χ4n) is 3.23. The van der Waals surface area contributed by atoms with Crippen molar-refractivity contribution in [3.05, 3.63) is 60.0 Å². The Labute approximate surface area is 145 Å². The normalized spacial score (nSPS) is 16.5. The van der Waals surface area contributed by atoms with Crippen molar-refractivity contribution in [3.8, 4) is 11.4 Å². The first kappa shape index (κ1) is 15.3. The van der Waals surface area contributed by atoms with Crippen LogP contribution < -0.4 is 5.73 Å². The van der Waals surface area contributed by atoms with Gasteiger partial charge in [0.15, 0.2) is 11.6 Å². The van der Waals surface area contributed by atoms with Crippen LogP contribution in [0.15, 0.2) is 48.7 Å². The van der Waals surface area contributed by atoms with Crippen LogP contribution in [-0.2, 0) is 6.54 Å². The molecule has 25 heavy (non-hydrogen) atoms. The maximum absolute atomic E-state index is 12.8. The molecule has 0 aliphatic carbocycles. The maximum Gasteiger partial charge on any atom is 0.254 e. The minimum Gasteiger partial charge on any atom is -0.384 e. The molecule has 1 aliphatic rings. The number of pyridine rings is 1. The van der Waals surface area contributed by atoms with E-state index in [2.05, 4.69) is 26.7 Å². The van der Waals surface area contributed by atoms with Gasteiger partial charge in [0.2, 0.25) is 0 Å². The molecule has 7 heteroatoms. The van der Waals surface area contributed by atoms with E-state index in [0.717, 1.165) is 17.2 Å². The first-order valence-electron chi connectivity index (χ1n) is 8.13. The van der Waals surface area contributed by atoms with E-state index in [0.29, 0.717) is 24.5 Å². The predicted octanol–water partition coefficient (Wildman–Crippen LogP) is 2.14. The second-order valence-electron chi connectivity index (χ2n) is 6.18. The highest BCUT2D eigenvalue weighted by Gasteiger charge is 2.30. The van der Waals surface area contributed by atoms with Crippen LogP contribution in [0.4, 0.5) is 5.82 Å². The van der Waals surface area contributed by atoms with E-state index < -0.39 is 0 Å². The van der Waals surface area contributed by atoms with Gasteiger partial charge in [-0.25, -0.2) is 4.98 Å². The Kier molecular flexibility index (Phi) is 3.68. The summed E-state index contributed by atoms with van der Waals surface area (Å²) in [7, 11) is 0. The Morgan fingerprint density at radius 1 is 1.20 bits per heavy atom. The quantitative estimate of drug-likeness (QED) is 0.775. The molecule has 0 bridgehead atoms. The van der Waals surface area contributed by atoms with Crippen molar-refractivity contribution in [2.24, 2.45) is 0 Å². The molecule has 1 amide bonds. The summed E-state index contributed by atoms with van der Waals surface area (Å²) in [6.07, 6.45) is 1.55. The van der Waals surface area contributed by atoms with Crippen LogP contribution in [-0.4, -0.2) is 37.1 Å². The Hall–Kier alpha value is -3.22. The maximum atomic E-state index is 12.8. The Morgan fingerprint density at radius 3 is 2.76 bits per heavy atom. The van der Waals surface area contributed by atoms with Gasteiger partial charge in [-0.05, 0) is 19.1 Å². The molecule has 0 saturated carbocycles. The molecular weight excluding hydrogens is 316 g/mol. The lowest BCUT2D eigenvalue weighted by Gasteiger charge is -2.32. The average molecular weight is 334 g/mol. The van der Waals surface area contributed by atoms with Gasteiger partial charge in [-0.15, -0.1) is 10.2 Å². The van der Waals surface area contributed by atoms with Gasteiger partial charge in [-0.3, -0.25) is 4.79 Å². The number of benzene rings is 1. The molecule has 4 rings (SSSR count). The summed E-state index contributed by atoms with van der Waals surface area (Å²) in [5.74, 6) is 1.89. The van der Waals surface area contributed by atoms with Crippen molar-refractivity contribution >= 4 is 11.7 Å². The lowest BCUT2D eigenvalue weighted by molar-refractivity contribution is 0.0682. The number of aromatic nitrogens is 4. The number of nitrogens with two attached hydrogens (primary N) is 1. The van der Waals surface area contributed by atoms with E-state index in [1.54, 1.807) is 23.2 Å². The van der Waals surface area contributed by atoms with Crippen LogP contribution >= 0.6 is 0 Å². The third-order valence-corrected chi connectivity index (χ3v) is 4.37. The van der Waals surface area contributed by atoms with E-state index in [1.165, 1.54) is 0 Å². The fraction of sp³-hybridized carbons (Fsp3) is 0.222. The van der Waals surface area contributed by atoms with E-state index >= 15 is 0 Å². The molecular formula is C18H18N6O. The van der Waals surface area contributed by atoms with Crippen LogP contribution in [0.1, 0.15) is 29.1 Å². The number of anilines is 1. The number of fused-ring (bicyclic) bond motifs is 1. The van der Waals surface area contributed by atoms with Gasteiger partial charge in [-0.1, -0.05) is 30.3 Å². The lowest BCUT2D eigenvalue weighted by Crippen LogP contribution is -2.40. The molecule has 0 radical (unpaired) electrons. The summed E-state index contributed by atoms with van der Waals surface area (Å²) in [6.45, 7) is 3.08. The van der Waals surface area contributed by atoms with Crippen molar-refractivity contribution in [3.63, 3.8) is 0 Å². The number of carbonyl (C=O) groups is 1. The molecule has 0 spiro atoms. The van der Waals surface area contributed by atoms with Gasteiger partial charge in [0.05, 0.1) is 12.6 Å². The lowest BCUT2D eigenvalue weighted by atomic mass is 10.1. The van der Waals surface area contributed by atoms with Crippen molar-refractivity contribution in [1.29, 1.82) is 0 Å². The monoisotopic (exact) mass is 334 g/mol.